The highest BCUT2D eigenvalue weighted by molar-refractivity contribution is 6.30. The molecule has 0 spiro atoms. The molecule has 0 fully saturated rings. The van der Waals surface area contributed by atoms with Gasteiger partial charge in [0.2, 0.25) is 0 Å². The van der Waals surface area contributed by atoms with Gasteiger partial charge in [-0.05, 0) is 67.5 Å². The van der Waals surface area contributed by atoms with Gasteiger partial charge >= 0.3 is 0 Å². The molecule has 1 N–H and O–H groups in total. The van der Waals surface area contributed by atoms with Gasteiger partial charge in [0.05, 0.1) is 0 Å². The first-order valence-electron chi connectivity index (χ1n) is 9.16. The van der Waals surface area contributed by atoms with Gasteiger partial charge in [0.25, 0.3) is 5.91 Å². The molecule has 0 saturated heterocycles. The summed E-state index contributed by atoms with van der Waals surface area (Å²) in [4.78, 5) is 12.3. The lowest BCUT2D eigenvalue weighted by Crippen LogP contribution is -2.37. The molecule has 2 aromatic carbocycles. The zero-order valence-electron chi connectivity index (χ0n) is 16.0. The third-order valence-corrected chi connectivity index (χ3v) is 4.57. The van der Waals surface area contributed by atoms with Crippen LogP contribution >= 0.6 is 11.6 Å². The number of halogens is 1. The zero-order valence-corrected chi connectivity index (χ0v) is 16.8. The summed E-state index contributed by atoms with van der Waals surface area (Å²) in [6.45, 7) is 8.69. The second-order valence-electron chi connectivity index (χ2n) is 6.98. The van der Waals surface area contributed by atoms with Gasteiger partial charge < -0.3 is 10.1 Å². The Morgan fingerprint density at radius 1 is 1.12 bits per heavy atom. The van der Waals surface area contributed by atoms with Crippen LogP contribution in [-0.4, -0.2) is 18.6 Å². The minimum absolute atomic E-state index is 0.0858. The summed E-state index contributed by atoms with van der Waals surface area (Å²) in [5.74, 6) is 1.06. The van der Waals surface area contributed by atoms with Gasteiger partial charge in [0.1, 0.15) is 5.75 Å². The van der Waals surface area contributed by atoms with E-state index in [0.29, 0.717) is 12.5 Å². The first-order chi connectivity index (χ1) is 12.4. The molecule has 1 atom stereocenters. The van der Waals surface area contributed by atoms with E-state index in [1.807, 2.05) is 37.3 Å². The highest BCUT2D eigenvalue weighted by Crippen LogP contribution is 2.28. The standard InChI is InChI=1S/C22H28ClNO2/c1-15(2)20-12-7-16(3)14-21(20)26-17(4)22(25)24-13-5-6-18-8-10-19(23)11-9-18/h7-12,14-15,17H,5-6,13H2,1-4H3,(H,24,25). The van der Waals surface area contributed by atoms with Crippen LogP contribution in [-0.2, 0) is 11.2 Å². The van der Waals surface area contributed by atoms with Crippen molar-refractivity contribution in [3.8, 4) is 5.75 Å². The fourth-order valence-corrected chi connectivity index (χ4v) is 2.89. The third-order valence-electron chi connectivity index (χ3n) is 4.32. The summed E-state index contributed by atoms with van der Waals surface area (Å²) in [6, 6.07) is 14.0. The molecule has 1 unspecified atom stereocenters. The first kappa shape index (κ1) is 20.3. The average molecular weight is 374 g/mol. The molecule has 26 heavy (non-hydrogen) atoms. The van der Waals surface area contributed by atoms with Crippen LogP contribution in [0.3, 0.4) is 0 Å². The van der Waals surface area contributed by atoms with Crippen molar-refractivity contribution in [2.24, 2.45) is 0 Å². The van der Waals surface area contributed by atoms with Crippen LogP contribution in [0.25, 0.3) is 0 Å². The minimum Gasteiger partial charge on any atom is -0.481 e. The molecule has 140 valence electrons. The Labute approximate surface area is 161 Å². The monoisotopic (exact) mass is 373 g/mol. The van der Waals surface area contributed by atoms with E-state index in [1.165, 1.54) is 5.56 Å². The number of nitrogens with one attached hydrogen (secondary N) is 1. The van der Waals surface area contributed by atoms with Crippen molar-refractivity contribution in [2.75, 3.05) is 6.54 Å². The minimum atomic E-state index is -0.523. The first-order valence-corrected chi connectivity index (χ1v) is 9.54. The molecular weight excluding hydrogens is 346 g/mol. The van der Waals surface area contributed by atoms with Crippen molar-refractivity contribution in [1.29, 1.82) is 0 Å². The molecule has 2 rings (SSSR count). The van der Waals surface area contributed by atoms with E-state index in [1.54, 1.807) is 6.92 Å². The van der Waals surface area contributed by atoms with Crippen LogP contribution in [0.1, 0.15) is 49.8 Å². The fourth-order valence-electron chi connectivity index (χ4n) is 2.76. The van der Waals surface area contributed by atoms with Crippen molar-refractivity contribution < 1.29 is 9.53 Å². The van der Waals surface area contributed by atoms with Gasteiger partial charge in [-0.3, -0.25) is 4.79 Å². The summed E-state index contributed by atoms with van der Waals surface area (Å²) < 4.78 is 5.95. The second kappa shape index (κ2) is 9.63. The molecule has 0 aliphatic heterocycles. The van der Waals surface area contributed by atoms with Crippen LogP contribution in [0.2, 0.25) is 5.02 Å². The van der Waals surface area contributed by atoms with E-state index in [2.05, 4.69) is 31.3 Å². The third kappa shape index (κ3) is 6.06. The molecule has 4 heteroatoms. The molecule has 0 heterocycles. The van der Waals surface area contributed by atoms with E-state index in [-0.39, 0.29) is 5.91 Å². The van der Waals surface area contributed by atoms with E-state index in [4.69, 9.17) is 16.3 Å². The Balaban J connectivity index is 1.82. The predicted molar refractivity (Wildman–Crippen MR) is 108 cm³/mol. The largest absolute Gasteiger partial charge is 0.481 e. The highest BCUT2D eigenvalue weighted by atomic mass is 35.5. The summed E-state index contributed by atoms with van der Waals surface area (Å²) in [5.41, 5.74) is 3.47. The van der Waals surface area contributed by atoms with Crippen LogP contribution in [0.15, 0.2) is 42.5 Å². The Bertz CT molecular complexity index is 725. The number of amides is 1. The Morgan fingerprint density at radius 2 is 1.81 bits per heavy atom. The van der Waals surface area contributed by atoms with Crippen LogP contribution in [0, 0.1) is 6.92 Å². The quantitative estimate of drug-likeness (QED) is 0.638. The average Bonchev–Trinajstić information content (AvgIpc) is 2.59. The number of carbonyl (C=O) groups excluding carboxylic acids is 1. The van der Waals surface area contributed by atoms with Crippen LogP contribution in [0.4, 0.5) is 0 Å². The smallest absolute Gasteiger partial charge is 0.260 e. The number of aryl methyl sites for hydroxylation is 2. The van der Waals surface area contributed by atoms with Crippen molar-refractivity contribution in [1.82, 2.24) is 5.32 Å². The number of benzene rings is 2. The molecule has 0 aliphatic rings. The Kier molecular flexibility index (Phi) is 7.52. The number of carbonyl (C=O) groups is 1. The maximum Gasteiger partial charge on any atom is 0.260 e. The molecule has 0 radical (unpaired) electrons. The molecule has 0 aromatic heterocycles. The topological polar surface area (TPSA) is 38.3 Å². The van der Waals surface area contributed by atoms with Crippen LogP contribution < -0.4 is 10.1 Å². The van der Waals surface area contributed by atoms with Gasteiger partial charge in [0, 0.05) is 11.6 Å². The number of hydrogen-bond acceptors (Lipinski definition) is 2. The normalized spacial score (nSPS) is 12.1. The Morgan fingerprint density at radius 3 is 2.46 bits per heavy atom. The molecule has 2 aromatic rings. The summed E-state index contributed by atoms with van der Waals surface area (Å²) in [5, 5.41) is 3.70. The lowest BCUT2D eigenvalue weighted by molar-refractivity contribution is -0.127. The lowest BCUT2D eigenvalue weighted by atomic mass is 10.0. The van der Waals surface area contributed by atoms with E-state index < -0.39 is 6.10 Å². The molecule has 0 aliphatic carbocycles. The fraction of sp³-hybridized carbons (Fsp3) is 0.409. The van der Waals surface area contributed by atoms with Gasteiger partial charge in [-0.15, -0.1) is 0 Å². The predicted octanol–water partition coefficient (Wildman–Crippen LogP) is 5.29. The van der Waals surface area contributed by atoms with Crippen molar-refractivity contribution in [3.05, 3.63) is 64.2 Å². The van der Waals surface area contributed by atoms with Crippen molar-refractivity contribution >= 4 is 17.5 Å². The molecule has 1 amide bonds. The molecule has 3 nitrogen and oxygen atoms in total. The van der Waals surface area contributed by atoms with Gasteiger partial charge in [-0.2, -0.15) is 0 Å². The zero-order chi connectivity index (χ0) is 19.1. The maximum atomic E-state index is 12.3. The summed E-state index contributed by atoms with van der Waals surface area (Å²) >= 11 is 5.89. The highest BCUT2D eigenvalue weighted by Gasteiger charge is 2.17. The van der Waals surface area contributed by atoms with Crippen molar-refractivity contribution in [3.63, 3.8) is 0 Å². The SMILES string of the molecule is Cc1ccc(C(C)C)c(OC(C)C(=O)NCCCc2ccc(Cl)cc2)c1. The number of ether oxygens (including phenoxy) is 1. The van der Waals surface area contributed by atoms with Crippen molar-refractivity contribution in [2.45, 2.75) is 52.6 Å². The second-order valence-corrected chi connectivity index (χ2v) is 7.41. The Hall–Kier alpha value is -2.00. The van der Waals surface area contributed by atoms with E-state index in [9.17, 15) is 4.79 Å². The molecule has 0 bridgehead atoms. The van der Waals surface area contributed by atoms with Gasteiger partial charge in [0.15, 0.2) is 6.10 Å². The molecular formula is C22H28ClNO2. The van der Waals surface area contributed by atoms with E-state index >= 15 is 0 Å². The summed E-state index contributed by atoms with van der Waals surface area (Å²) in [6.07, 6.45) is 1.26. The lowest BCUT2D eigenvalue weighted by Gasteiger charge is -2.19. The maximum absolute atomic E-state index is 12.3. The van der Waals surface area contributed by atoms with E-state index in [0.717, 1.165) is 34.7 Å². The van der Waals surface area contributed by atoms with Gasteiger partial charge in [-0.1, -0.05) is 49.7 Å². The number of hydrogen-bond donors (Lipinski definition) is 1. The van der Waals surface area contributed by atoms with Crippen LogP contribution in [0.5, 0.6) is 5.75 Å². The van der Waals surface area contributed by atoms with Gasteiger partial charge in [-0.25, -0.2) is 0 Å². The molecule has 0 saturated carbocycles. The number of rotatable bonds is 8. The summed E-state index contributed by atoms with van der Waals surface area (Å²) in [7, 11) is 0.